The number of nitrogens with one attached hydrogen (secondary N) is 2. The second-order valence-electron chi connectivity index (χ2n) is 6.66. The molecule has 1 aromatic heterocycles. The Morgan fingerprint density at radius 2 is 2.19 bits per heavy atom. The van der Waals surface area contributed by atoms with Gasteiger partial charge in [0.05, 0.1) is 24.0 Å². The van der Waals surface area contributed by atoms with Crippen molar-refractivity contribution in [3.8, 4) is 5.69 Å². The Kier molecular flexibility index (Phi) is 3.40. The molecule has 0 spiro atoms. The summed E-state index contributed by atoms with van der Waals surface area (Å²) < 4.78 is 21.8. The fourth-order valence-corrected chi connectivity index (χ4v) is 3.26. The molecule has 4 bridgehead atoms. The van der Waals surface area contributed by atoms with Crippen LogP contribution >= 0.6 is 0 Å². The molecule has 2 aromatic rings. The number of furan rings is 1. The maximum absolute atomic E-state index is 14.2. The number of hydrogen-bond donors (Lipinski definition) is 2. The lowest BCUT2D eigenvalue weighted by atomic mass is 10.1. The quantitative estimate of drug-likeness (QED) is 0.500. The molecule has 1 amide bonds. The standard InChI is InChI=1S/C19H16FN5O2/c1-10-15-6-13(20)4-11-5-14(27-17(11)15)2-3-21-19(26)12-7-22-18(24-10)16-9-25(16)23-8-12/h4-10H,2-3H2,1H3,(H,21,26)(H,22,24)/t10-,25?/m1/s1. The van der Waals surface area contributed by atoms with Gasteiger partial charge in [-0.15, -0.1) is 0 Å². The van der Waals surface area contributed by atoms with Crippen molar-refractivity contribution in [2.24, 2.45) is 0 Å². The normalized spacial score (nSPS) is 17.3. The summed E-state index contributed by atoms with van der Waals surface area (Å²) >= 11 is 0. The minimum Gasteiger partial charge on any atom is -0.461 e. The van der Waals surface area contributed by atoms with Crippen molar-refractivity contribution in [3.05, 3.63) is 59.5 Å². The highest BCUT2D eigenvalue weighted by Crippen LogP contribution is 2.32. The van der Waals surface area contributed by atoms with Crippen LogP contribution in [0.15, 0.2) is 41.2 Å². The molecule has 7 nitrogen and oxygen atoms in total. The van der Waals surface area contributed by atoms with Crippen LogP contribution < -0.4 is 10.6 Å². The number of carbonyl (C=O) groups is 1. The zero-order valence-corrected chi connectivity index (χ0v) is 14.5. The first-order chi connectivity index (χ1) is 13.1. The molecule has 1 aromatic carbocycles. The van der Waals surface area contributed by atoms with Gasteiger partial charge in [0.25, 0.3) is 5.91 Å². The molecule has 8 heteroatoms. The van der Waals surface area contributed by atoms with Gasteiger partial charge in [0.15, 0.2) is 5.82 Å². The van der Waals surface area contributed by atoms with Crippen LogP contribution in [0, 0.1) is 5.82 Å². The molecule has 0 fully saturated rings. The van der Waals surface area contributed by atoms with Crippen LogP contribution in [0.25, 0.3) is 16.7 Å². The molecule has 136 valence electrons. The van der Waals surface area contributed by atoms with Crippen LogP contribution in [0.5, 0.6) is 0 Å². The topological polar surface area (TPSA) is 85.0 Å². The molecule has 2 N–H and O–H groups in total. The Balaban J connectivity index is 1.67. The third-order valence-electron chi connectivity index (χ3n) is 4.72. The highest BCUT2D eigenvalue weighted by atomic mass is 19.1. The molecule has 0 aliphatic carbocycles. The minimum absolute atomic E-state index is 0.263. The molecule has 27 heavy (non-hydrogen) atoms. The van der Waals surface area contributed by atoms with E-state index in [9.17, 15) is 9.18 Å². The van der Waals surface area contributed by atoms with Gasteiger partial charge in [0.1, 0.15) is 22.8 Å². The molecule has 4 heterocycles. The third-order valence-corrected chi connectivity index (χ3v) is 4.72. The maximum Gasteiger partial charge on any atom is 0.254 e. The fraction of sp³-hybridized carbons (Fsp3) is 0.211. The number of benzene rings is 1. The van der Waals surface area contributed by atoms with Crippen molar-refractivity contribution >= 4 is 22.7 Å². The number of nitrogens with zero attached hydrogens (tertiary/aromatic N) is 3. The van der Waals surface area contributed by atoms with Crippen molar-refractivity contribution in [3.63, 3.8) is 0 Å². The lowest BCUT2D eigenvalue weighted by Gasteiger charge is -2.15. The highest BCUT2D eigenvalue weighted by molar-refractivity contribution is 5.93. The minimum atomic E-state index is -0.324. The molecule has 3 aliphatic rings. The Morgan fingerprint density at radius 1 is 1.30 bits per heavy atom. The zero-order chi connectivity index (χ0) is 18.5. The number of hydrogen-bond acceptors (Lipinski definition) is 5. The second-order valence-corrected chi connectivity index (χ2v) is 6.66. The van der Waals surface area contributed by atoms with Crippen LogP contribution in [-0.4, -0.2) is 27.2 Å². The van der Waals surface area contributed by atoms with E-state index in [1.54, 1.807) is 10.9 Å². The zero-order valence-electron chi connectivity index (χ0n) is 14.5. The third kappa shape index (κ3) is 2.79. The number of anilines is 1. The van der Waals surface area contributed by atoms with E-state index in [1.165, 1.54) is 24.5 Å². The first kappa shape index (κ1) is 15.8. The second kappa shape index (κ2) is 5.80. The van der Waals surface area contributed by atoms with Crippen LogP contribution in [-0.2, 0) is 6.42 Å². The Labute approximate surface area is 153 Å². The van der Waals surface area contributed by atoms with Gasteiger partial charge in [-0.1, -0.05) is 0 Å². The average molecular weight is 365 g/mol. The summed E-state index contributed by atoms with van der Waals surface area (Å²) in [5.41, 5.74) is 2.50. The van der Waals surface area contributed by atoms with Crippen LogP contribution in [0.4, 0.5) is 10.2 Å². The number of halogens is 1. The predicted molar refractivity (Wildman–Crippen MR) is 96.8 cm³/mol. The molecular formula is C19H16FN5O2. The molecule has 5 rings (SSSR count). The fourth-order valence-electron chi connectivity index (χ4n) is 3.26. The lowest BCUT2D eigenvalue weighted by Crippen LogP contribution is -2.25. The van der Waals surface area contributed by atoms with E-state index in [-0.39, 0.29) is 17.8 Å². The van der Waals surface area contributed by atoms with Crippen molar-refractivity contribution in [1.82, 2.24) is 20.1 Å². The molecule has 0 saturated carbocycles. The average Bonchev–Trinajstić information content (AvgIpc) is 3.26. The van der Waals surface area contributed by atoms with E-state index in [4.69, 9.17) is 4.42 Å². The predicted octanol–water partition coefficient (Wildman–Crippen LogP) is 3.05. The van der Waals surface area contributed by atoms with E-state index in [2.05, 4.69) is 20.7 Å². The van der Waals surface area contributed by atoms with Gasteiger partial charge >= 0.3 is 0 Å². The van der Waals surface area contributed by atoms with Crippen molar-refractivity contribution in [2.45, 2.75) is 19.4 Å². The summed E-state index contributed by atoms with van der Waals surface area (Å²) in [4.78, 5) is 16.8. The van der Waals surface area contributed by atoms with E-state index in [0.717, 1.165) is 5.69 Å². The molecule has 0 saturated heterocycles. The molecule has 3 aliphatic heterocycles. The van der Waals surface area contributed by atoms with Crippen LogP contribution in [0.3, 0.4) is 0 Å². The highest BCUT2D eigenvalue weighted by Gasteiger charge is 2.21. The number of fused-ring (bicyclic) bond motifs is 6. The Bertz CT molecular complexity index is 1150. The molecule has 0 unspecified atom stereocenters. The van der Waals surface area contributed by atoms with Gasteiger partial charge in [-0.25, -0.2) is 14.1 Å². The SMILES string of the molecule is C[C@H]1Nc2ncc(cnn3cc2-3)C(=O)NCCc2cc3cc(F)cc1c3o2. The number of carbonyl (C=O) groups excluding carboxylic acids is 1. The van der Waals surface area contributed by atoms with E-state index < -0.39 is 0 Å². The number of rotatable bonds is 0. The number of aromatic nitrogens is 3. The first-order valence-electron chi connectivity index (χ1n) is 8.68. The summed E-state index contributed by atoms with van der Waals surface area (Å²) in [6, 6.07) is 4.48. The van der Waals surface area contributed by atoms with Crippen LogP contribution in [0.1, 0.15) is 34.6 Å². The van der Waals surface area contributed by atoms with Gasteiger partial charge in [0.2, 0.25) is 0 Å². The van der Waals surface area contributed by atoms with Crippen molar-refractivity contribution in [2.75, 3.05) is 11.9 Å². The maximum atomic E-state index is 14.2. The largest absolute Gasteiger partial charge is 0.461 e. The van der Waals surface area contributed by atoms with E-state index in [0.29, 0.717) is 46.6 Å². The summed E-state index contributed by atoms with van der Waals surface area (Å²) in [6.45, 7) is 2.30. The Morgan fingerprint density at radius 3 is 3.07 bits per heavy atom. The van der Waals surface area contributed by atoms with Crippen LogP contribution in [0.2, 0.25) is 0 Å². The Hall–Kier alpha value is -3.42. The molecule has 0 radical (unpaired) electrons. The van der Waals surface area contributed by atoms with Gasteiger partial charge in [-0.3, -0.25) is 4.79 Å². The molecular weight excluding hydrogens is 349 g/mol. The lowest BCUT2D eigenvalue weighted by molar-refractivity contribution is 0.0953. The smallest absolute Gasteiger partial charge is 0.254 e. The number of amides is 1. The van der Waals surface area contributed by atoms with Crippen molar-refractivity contribution < 1.29 is 13.6 Å². The van der Waals surface area contributed by atoms with E-state index >= 15 is 0 Å². The van der Waals surface area contributed by atoms with Gasteiger partial charge < -0.3 is 15.1 Å². The monoisotopic (exact) mass is 365 g/mol. The molecule has 1 atom stereocenters. The summed E-state index contributed by atoms with van der Waals surface area (Å²) in [7, 11) is 0. The van der Waals surface area contributed by atoms with Gasteiger partial charge in [-0.05, 0) is 25.1 Å². The van der Waals surface area contributed by atoms with Crippen molar-refractivity contribution in [1.29, 1.82) is 0 Å². The van der Waals surface area contributed by atoms with E-state index in [1.807, 2.05) is 13.0 Å². The first-order valence-corrected chi connectivity index (χ1v) is 8.68. The van der Waals surface area contributed by atoms with Gasteiger partial charge in [-0.2, -0.15) is 5.10 Å². The summed E-state index contributed by atoms with van der Waals surface area (Å²) in [5.74, 6) is 0.665. The van der Waals surface area contributed by atoms with Gasteiger partial charge in [0, 0.05) is 30.1 Å². The summed E-state index contributed by atoms with van der Waals surface area (Å²) in [6.07, 6.45) is 5.27. The summed E-state index contributed by atoms with van der Waals surface area (Å²) in [5, 5.41) is 11.1.